The topological polar surface area (TPSA) is 84.6 Å². The van der Waals surface area contributed by atoms with Crippen molar-refractivity contribution in [3.8, 4) is 6.07 Å². The Hall–Kier alpha value is -3.37. The number of likely N-dealkylation sites (N-methyl/N-ethyl adjacent to an activating group) is 1. The first kappa shape index (κ1) is 22.9. The van der Waals surface area contributed by atoms with Crippen molar-refractivity contribution in [2.75, 3.05) is 27.8 Å². The number of hydrogen-bond acceptors (Lipinski definition) is 5. The van der Waals surface area contributed by atoms with Crippen molar-refractivity contribution in [2.24, 2.45) is 0 Å². The molecule has 0 aliphatic heterocycles. The zero-order valence-electron chi connectivity index (χ0n) is 18.0. The monoisotopic (exact) mass is 409 g/mol. The minimum Gasteiger partial charge on any atom is -0.443 e. The summed E-state index contributed by atoms with van der Waals surface area (Å²) in [6.07, 6.45) is 0.371. The molecule has 0 aliphatic rings. The first-order chi connectivity index (χ1) is 14.3. The Balaban J connectivity index is 2.33. The minimum atomic E-state index is -1.13. The SMILES string of the molecule is COCCn1c(C)cc(/C=C(\C#N)C(=O)O[C@@H](C(=O)N(C)C)c2ccccc2)c1C. The number of hydrogen-bond donors (Lipinski definition) is 0. The molecule has 0 N–H and O–H groups in total. The third kappa shape index (κ3) is 5.37. The molecule has 0 unspecified atom stereocenters. The van der Waals surface area contributed by atoms with E-state index in [-0.39, 0.29) is 11.5 Å². The second-order valence-corrected chi connectivity index (χ2v) is 7.07. The van der Waals surface area contributed by atoms with E-state index in [1.54, 1.807) is 45.5 Å². The zero-order chi connectivity index (χ0) is 22.3. The van der Waals surface area contributed by atoms with Gasteiger partial charge in [0.25, 0.3) is 5.91 Å². The average molecular weight is 409 g/mol. The molecule has 1 amide bonds. The van der Waals surface area contributed by atoms with Crippen molar-refractivity contribution in [1.29, 1.82) is 5.26 Å². The number of amides is 1. The van der Waals surface area contributed by atoms with Crippen LogP contribution in [0.25, 0.3) is 6.08 Å². The number of carbonyl (C=O) groups is 2. The Morgan fingerprint density at radius 2 is 1.90 bits per heavy atom. The molecule has 158 valence electrons. The van der Waals surface area contributed by atoms with E-state index in [0.717, 1.165) is 17.0 Å². The normalized spacial score (nSPS) is 12.2. The predicted molar refractivity (Wildman–Crippen MR) is 113 cm³/mol. The van der Waals surface area contributed by atoms with E-state index in [0.29, 0.717) is 18.7 Å². The molecule has 0 fully saturated rings. The van der Waals surface area contributed by atoms with Gasteiger partial charge in [-0.15, -0.1) is 0 Å². The quantitative estimate of drug-likeness (QED) is 0.380. The van der Waals surface area contributed by atoms with Gasteiger partial charge >= 0.3 is 5.97 Å². The van der Waals surface area contributed by atoms with Crippen LogP contribution < -0.4 is 0 Å². The highest BCUT2D eigenvalue weighted by Gasteiger charge is 2.28. The summed E-state index contributed by atoms with van der Waals surface area (Å²) in [6, 6.07) is 12.5. The molecule has 1 atom stereocenters. The lowest BCUT2D eigenvalue weighted by Crippen LogP contribution is -2.31. The lowest BCUT2D eigenvalue weighted by molar-refractivity contribution is -0.156. The predicted octanol–water partition coefficient (Wildman–Crippen LogP) is 3.03. The van der Waals surface area contributed by atoms with Gasteiger partial charge in [0, 0.05) is 44.7 Å². The van der Waals surface area contributed by atoms with Gasteiger partial charge in [-0.25, -0.2) is 4.79 Å². The molecule has 7 heteroatoms. The maximum absolute atomic E-state index is 12.8. The van der Waals surface area contributed by atoms with Gasteiger partial charge in [-0.3, -0.25) is 4.79 Å². The van der Waals surface area contributed by atoms with Crippen molar-refractivity contribution >= 4 is 18.0 Å². The van der Waals surface area contributed by atoms with E-state index in [9.17, 15) is 14.9 Å². The maximum Gasteiger partial charge on any atom is 0.350 e. The van der Waals surface area contributed by atoms with Crippen molar-refractivity contribution in [2.45, 2.75) is 26.5 Å². The molecule has 2 aromatic rings. The highest BCUT2D eigenvalue weighted by atomic mass is 16.5. The Labute approximate surface area is 177 Å². The Kier molecular flexibility index (Phi) is 7.96. The molecule has 0 bridgehead atoms. The zero-order valence-corrected chi connectivity index (χ0v) is 18.0. The molecule has 0 saturated heterocycles. The van der Waals surface area contributed by atoms with Gasteiger partial charge in [-0.1, -0.05) is 30.3 Å². The van der Waals surface area contributed by atoms with Crippen LogP contribution in [0.3, 0.4) is 0 Å². The van der Waals surface area contributed by atoms with Crippen molar-refractivity contribution < 1.29 is 19.1 Å². The average Bonchev–Trinajstić information content (AvgIpc) is 3.00. The van der Waals surface area contributed by atoms with E-state index in [1.165, 1.54) is 11.0 Å². The first-order valence-corrected chi connectivity index (χ1v) is 9.54. The van der Waals surface area contributed by atoms with Crippen molar-refractivity contribution in [3.05, 3.63) is 64.5 Å². The first-order valence-electron chi connectivity index (χ1n) is 9.54. The summed E-state index contributed by atoms with van der Waals surface area (Å²) in [4.78, 5) is 26.7. The second-order valence-electron chi connectivity index (χ2n) is 7.07. The summed E-state index contributed by atoms with van der Waals surface area (Å²) in [5.74, 6) is -1.23. The molecule has 1 aromatic heterocycles. The van der Waals surface area contributed by atoms with Gasteiger partial charge in [0.05, 0.1) is 6.61 Å². The van der Waals surface area contributed by atoms with E-state index in [4.69, 9.17) is 9.47 Å². The fourth-order valence-corrected chi connectivity index (χ4v) is 3.09. The van der Waals surface area contributed by atoms with Gasteiger partial charge < -0.3 is 18.9 Å². The van der Waals surface area contributed by atoms with Crippen LogP contribution in [-0.2, 0) is 25.6 Å². The number of aryl methyl sites for hydroxylation is 1. The van der Waals surface area contributed by atoms with Crippen LogP contribution >= 0.6 is 0 Å². The van der Waals surface area contributed by atoms with Crippen LogP contribution in [0.15, 0.2) is 42.0 Å². The fourth-order valence-electron chi connectivity index (χ4n) is 3.09. The van der Waals surface area contributed by atoms with Gasteiger partial charge in [0.2, 0.25) is 6.10 Å². The number of nitriles is 1. The molecule has 0 saturated carbocycles. The molecule has 1 aromatic carbocycles. The van der Waals surface area contributed by atoms with Crippen LogP contribution in [0.2, 0.25) is 0 Å². The number of aromatic nitrogens is 1. The molecule has 1 heterocycles. The highest BCUT2D eigenvalue weighted by molar-refractivity contribution is 5.99. The van der Waals surface area contributed by atoms with E-state index < -0.39 is 12.1 Å². The van der Waals surface area contributed by atoms with Gasteiger partial charge in [0.1, 0.15) is 11.6 Å². The molecule has 0 spiro atoms. The number of rotatable bonds is 8. The van der Waals surface area contributed by atoms with Gasteiger partial charge in [-0.05, 0) is 31.6 Å². The second kappa shape index (κ2) is 10.4. The maximum atomic E-state index is 12.8. The third-order valence-electron chi connectivity index (χ3n) is 4.76. The third-order valence-corrected chi connectivity index (χ3v) is 4.76. The van der Waals surface area contributed by atoms with Crippen LogP contribution in [-0.4, -0.2) is 49.2 Å². The lowest BCUT2D eigenvalue weighted by atomic mass is 10.1. The Morgan fingerprint density at radius 3 is 2.47 bits per heavy atom. The summed E-state index contributed by atoms with van der Waals surface area (Å²) >= 11 is 0. The van der Waals surface area contributed by atoms with Crippen LogP contribution in [0, 0.1) is 25.2 Å². The Morgan fingerprint density at radius 1 is 1.23 bits per heavy atom. The van der Waals surface area contributed by atoms with Gasteiger partial charge in [0.15, 0.2) is 0 Å². The number of esters is 1. The lowest BCUT2D eigenvalue weighted by Gasteiger charge is -2.21. The summed E-state index contributed by atoms with van der Waals surface area (Å²) in [7, 11) is 4.81. The smallest absolute Gasteiger partial charge is 0.350 e. The molecule has 7 nitrogen and oxygen atoms in total. The summed E-state index contributed by atoms with van der Waals surface area (Å²) in [5.41, 5.74) is 3.02. The minimum absolute atomic E-state index is 0.172. The molecule has 0 radical (unpaired) electrons. The number of ether oxygens (including phenoxy) is 2. The largest absolute Gasteiger partial charge is 0.443 e. The summed E-state index contributed by atoms with van der Waals surface area (Å²) < 4.78 is 12.7. The standard InChI is InChI=1S/C23H27N3O4/c1-16-13-19(17(2)26(16)11-12-29-5)14-20(15-24)23(28)30-21(22(27)25(3)4)18-9-7-6-8-10-18/h6-10,13-14,21H,11-12H2,1-5H3/b20-14+/t21-/m1/s1. The molecule has 0 aliphatic carbocycles. The molecular weight excluding hydrogens is 382 g/mol. The van der Waals surface area contributed by atoms with E-state index in [2.05, 4.69) is 4.57 Å². The molecular formula is C23H27N3O4. The van der Waals surface area contributed by atoms with Crippen LogP contribution in [0.4, 0.5) is 0 Å². The number of carbonyl (C=O) groups excluding carboxylic acids is 2. The number of methoxy groups -OCH3 is 1. The van der Waals surface area contributed by atoms with Crippen LogP contribution in [0.1, 0.15) is 28.6 Å². The van der Waals surface area contributed by atoms with Crippen molar-refractivity contribution in [3.63, 3.8) is 0 Å². The molecule has 30 heavy (non-hydrogen) atoms. The highest BCUT2D eigenvalue weighted by Crippen LogP contribution is 2.23. The fraction of sp³-hybridized carbons (Fsp3) is 0.348. The number of benzene rings is 1. The van der Waals surface area contributed by atoms with Gasteiger partial charge in [-0.2, -0.15) is 5.26 Å². The Bertz CT molecular complexity index is 968. The van der Waals surface area contributed by atoms with Crippen LogP contribution in [0.5, 0.6) is 0 Å². The summed E-state index contributed by atoms with van der Waals surface area (Å²) in [5, 5.41) is 9.56. The number of nitrogens with zero attached hydrogens (tertiary/aromatic N) is 3. The van der Waals surface area contributed by atoms with E-state index >= 15 is 0 Å². The van der Waals surface area contributed by atoms with Crippen molar-refractivity contribution in [1.82, 2.24) is 9.47 Å². The van der Waals surface area contributed by atoms with E-state index in [1.807, 2.05) is 32.0 Å². The molecule has 2 rings (SSSR count). The summed E-state index contributed by atoms with van der Waals surface area (Å²) in [6.45, 7) is 5.09.